The molecule has 1 amide bonds. The summed E-state index contributed by atoms with van der Waals surface area (Å²) in [5.41, 5.74) is 0. The zero-order chi connectivity index (χ0) is 16.6. The molecule has 3 heteroatoms. The van der Waals surface area contributed by atoms with Gasteiger partial charge in [-0.3, -0.25) is 4.79 Å². The van der Waals surface area contributed by atoms with E-state index in [0.717, 1.165) is 12.8 Å². The normalized spacial score (nSPS) is 12.1. The van der Waals surface area contributed by atoms with E-state index in [1.54, 1.807) is 0 Å². The Morgan fingerprint density at radius 3 is 2.32 bits per heavy atom. The van der Waals surface area contributed by atoms with Crippen molar-refractivity contribution in [2.24, 2.45) is 0 Å². The standard InChI is InChI=1S/C19H29NO2/c1-4-6-7-8-9-10-11-14-18(20-17(3)21)15-12-13-16-19(22)5-2/h5,18-19,22H,2,4,6-11,14H2,1,3H3,(H,20,21)/t18-,19+/m1/s1. The van der Waals surface area contributed by atoms with Crippen LogP contribution in [0.1, 0.15) is 65.2 Å². The first-order chi connectivity index (χ1) is 10.6. The second kappa shape index (κ2) is 14.2. The molecule has 0 aromatic rings. The summed E-state index contributed by atoms with van der Waals surface area (Å²) in [6.45, 7) is 7.14. The van der Waals surface area contributed by atoms with Gasteiger partial charge in [0.25, 0.3) is 0 Å². The Morgan fingerprint density at radius 1 is 1.14 bits per heavy atom. The number of unbranched alkanes of at least 4 members (excludes halogenated alkanes) is 6. The van der Waals surface area contributed by atoms with Gasteiger partial charge in [0.15, 0.2) is 0 Å². The fraction of sp³-hybridized carbons (Fsp3) is 0.632. The van der Waals surface area contributed by atoms with E-state index in [4.69, 9.17) is 0 Å². The average Bonchev–Trinajstić information content (AvgIpc) is 2.49. The third kappa shape index (κ3) is 13.3. The quantitative estimate of drug-likeness (QED) is 0.370. The van der Waals surface area contributed by atoms with Crippen molar-refractivity contribution in [3.05, 3.63) is 12.7 Å². The van der Waals surface area contributed by atoms with Crippen LogP contribution >= 0.6 is 0 Å². The summed E-state index contributed by atoms with van der Waals surface area (Å²) < 4.78 is 0. The van der Waals surface area contributed by atoms with E-state index in [9.17, 15) is 9.90 Å². The number of amides is 1. The number of rotatable bonds is 10. The van der Waals surface area contributed by atoms with Crippen LogP contribution < -0.4 is 5.32 Å². The lowest BCUT2D eigenvalue weighted by Gasteiger charge is -2.11. The number of nitrogens with one attached hydrogen (secondary N) is 1. The number of aliphatic hydroxyl groups excluding tert-OH is 1. The van der Waals surface area contributed by atoms with Crippen LogP contribution in [0.4, 0.5) is 0 Å². The lowest BCUT2D eigenvalue weighted by atomic mass is 10.1. The largest absolute Gasteiger partial charge is 0.377 e. The van der Waals surface area contributed by atoms with Gasteiger partial charge in [0, 0.05) is 6.92 Å². The minimum Gasteiger partial charge on any atom is -0.377 e. The highest BCUT2D eigenvalue weighted by atomic mass is 16.3. The first-order valence-corrected chi connectivity index (χ1v) is 8.19. The van der Waals surface area contributed by atoms with E-state index in [1.165, 1.54) is 51.5 Å². The molecule has 0 unspecified atom stereocenters. The molecule has 0 bridgehead atoms. The Bertz CT molecular complexity index is 434. The van der Waals surface area contributed by atoms with E-state index in [1.807, 2.05) is 0 Å². The zero-order valence-corrected chi connectivity index (χ0v) is 14.0. The maximum absolute atomic E-state index is 11.2. The number of carbonyl (C=O) groups excluding carboxylic acids is 1. The first-order valence-electron chi connectivity index (χ1n) is 8.19. The molecule has 0 aliphatic carbocycles. The molecule has 2 atom stereocenters. The van der Waals surface area contributed by atoms with Gasteiger partial charge in [-0.05, 0) is 18.3 Å². The lowest BCUT2D eigenvalue weighted by Crippen LogP contribution is -2.31. The van der Waals surface area contributed by atoms with Crippen LogP contribution in [-0.2, 0) is 4.79 Å². The van der Waals surface area contributed by atoms with Crippen LogP contribution in [0.25, 0.3) is 0 Å². The maximum Gasteiger partial charge on any atom is 0.217 e. The van der Waals surface area contributed by atoms with Crippen molar-refractivity contribution in [3.63, 3.8) is 0 Å². The van der Waals surface area contributed by atoms with E-state index in [2.05, 4.69) is 42.5 Å². The van der Waals surface area contributed by atoms with Crippen LogP contribution in [0.3, 0.4) is 0 Å². The number of hydrogen-bond donors (Lipinski definition) is 2. The molecule has 0 spiro atoms. The van der Waals surface area contributed by atoms with E-state index in [0.29, 0.717) is 0 Å². The Labute approximate surface area is 135 Å². The van der Waals surface area contributed by atoms with Crippen molar-refractivity contribution in [2.75, 3.05) is 0 Å². The van der Waals surface area contributed by atoms with Crippen LogP contribution in [0.15, 0.2) is 12.7 Å². The molecule has 122 valence electrons. The number of aliphatic hydroxyl groups is 1. The molecule has 0 fully saturated rings. The van der Waals surface area contributed by atoms with Crippen LogP contribution in [0.2, 0.25) is 0 Å². The molecule has 22 heavy (non-hydrogen) atoms. The molecule has 0 saturated heterocycles. The van der Waals surface area contributed by atoms with Crippen molar-refractivity contribution in [1.29, 1.82) is 0 Å². The molecule has 0 aliphatic heterocycles. The summed E-state index contributed by atoms with van der Waals surface area (Å²) in [4.78, 5) is 11.2. The molecular weight excluding hydrogens is 274 g/mol. The highest BCUT2D eigenvalue weighted by Gasteiger charge is 2.05. The average molecular weight is 303 g/mol. The van der Waals surface area contributed by atoms with Crippen molar-refractivity contribution in [3.8, 4) is 23.7 Å². The number of hydrogen-bond acceptors (Lipinski definition) is 2. The zero-order valence-electron chi connectivity index (χ0n) is 14.0. The predicted octanol–water partition coefficient (Wildman–Crippen LogP) is 3.19. The number of carbonyl (C=O) groups is 1. The fourth-order valence-electron chi connectivity index (χ4n) is 2.02. The van der Waals surface area contributed by atoms with Gasteiger partial charge in [0.05, 0.1) is 6.04 Å². The topological polar surface area (TPSA) is 49.3 Å². The summed E-state index contributed by atoms with van der Waals surface area (Å²) in [5.74, 6) is 10.7. The van der Waals surface area contributed by atoms with Gasteiger partial charge >= 0.3 is 0 Å². The van der Waals surface area contributed by atoms with E-state index < -0.39 is 6.10 Å². The molecule has 0 radical (unpaired) electrons. The SMILES string of the molecule is C=C[C@H](O)C#CC#C[C@@H](CCCCCCCCC)NC(C)=O. The van der Waals surface area contributed by atoms with Gasteiger partial charge in [-0.15, -0.1) is 0 Å². The Kier molecular flexibility index (Phi) is 13.1. The molecule has 0 rings (SSSR count). The Hall–Kier alpha value is -1.71. The first kappa shape index (κ1) is 20.3. The molecule has 0 aromatic heterocycles. The smallest absolute Gasteiger partial charge is 0.217 e. The molecule has 2 N–H and O–H groups in total. The van der Waals surface area contributed by atoms with Crippen LogP contribution in [-0.4, -0.2) is 23.2 Å². The lowest BCUT2D eigenvalue weighted by molar-refractivity contribution is -0.119. The maximum atomic E-state index is 11.2. The van der Waals surface area contributed by atoms with Crippen molar-refractivity contribution in [1.82, 2.24) is 5.32 Å². The van der Waals surface area contributed by atoms with E-state index >= 15 is 0 Å². The second-order valence-corrected chi connectivity index (χ2v) is 5.38. The molecule has 0 aromatic carbocycles. The fourth-order valence-corrected chi connectivity index (χ4v) is 2.02. The van der Waals surface area contributed by atoms with Crippen molar-refractivity contribution in [2.45, 2.75) is 77.4 Å². The molecule has 0 saturated carbocycles. The molecular formula is C19H29NO2. The van der Waals surface area contributed by atoms with Crippen molar-refractivity contribution < 1.29 is 9.90 Å². The summed E-state index contributed by atoms with van der Waals surface area (Å²) in [7, 11) is 0. The van der Waals surface area contributed by atoms with Gasteiger partial charge in [-0.2, -0.15) is 0 Å². The van der Waals surface area contributed by atoms with Crippen molar-refractivity contribution >= 4 is 5.91 Å². The van der Waals surface area contributed by atoms with Gasteiger partial charge in [-0.1, -0.05) is 76.4 Å². The van der Waals surface area contributed by atoms with Gasteiger partial charge in [0.2, 0.25) is 5.91 Å². The Balaban J connectivity index is 4.12. The van der Waals surface area contributed by atoms with Gasteiger partial charge in [0.1, 0.15) is 6.10 Å². The summed E-state index contributed by atoms with van der Waals surface area (Å²) in [6, 6.07) is -0.164. The minimum atomic E-state index is -0.850. The van der Waals surface area contributed by atoms with Gasteiger partial charge < -0.3 is 10.4 Å². The summed E-state index contributed by atoms with van der Waals surface area (Å²) in [6.07, 6.45) is 9.97. The second-order valence-electron chi connectivity index (χ2n) is 5.38. The molecule has 0 heterocycles. The highest BCUT2D eigenvalue weighted by Crippen LogP contribution is 2.09. The molecule has 0 aliphatic rings. The minimum absolute atomic E-state index is 0.0821. The predicted molar refractivity (Wildman–Crippen MR) is 92.0 cm³/mol. The Morgan fingerprint density at radius 2 is 1.73 bits per heavy atom. The highest BCUT2D eigenvalue weighted by molar-refractivity contribution is 5.73. The molecule has 3 nitrogen and oxygen atoms in total. The van der Waals surface area contributed by atoms with Crippen LogP contribution in [0, 0.1) is 23.7 Å². The third-order valence-corrected chi connectivity index (χ3v) is 3.23. The monoisotopic (exact) mass is 303 g/mol. The summed E-state index contributed by atoms with van der Waals surface area (Å²) >= 11 is 0. The summed E-state index contributed by atoms with van der Waals surface area (Å²) in [5, 5.41) is 12.0. The van der Waals surface area contributed by atoms with Gasteiger partial charge in [-0.25, -0.2) is 0 Å². The van der Waals surface area contributed by atoms with E-state index in [-0.39, 0.29) is 11.9 Å². The van der Waals surface area contributed by atoms with Crippen LogP contribution in [0.5, 0.6) is 0 Å². The third-order valence-electron chi connectivity index (χ3n) is 3.23.